The van der Waals surface area contributed by atoms with Crippen molar-refractivity contribution in [1.82, 2.24) is 4.98 Å². The monoisotopic (exact) mass is 421 g/mol. The number of methoxy groups -OCH3 is 1. The molecule has 0 saturated heterocycles. The zero-order chi connectivity index (χ0) is 19.2. The lowest BCUT2D eigenvalue weighted by molar-refractivity contribution is 0.311. The maximum atomic E-state index is 6.23. The number of thiazole rings is 1. The predicted molar refractivity (Wildman–Crippen MR) is 113 cm³/mol. The summed E-state index contributed by atoms with van der Waals surface area (Å²) >= 11 is 13.6. The van der Waals surface area contributed by atoms with Gasteiger partial charge in [0.2, 0.25) is 5.13 Å². The third-order valence-electron chi connectivity index (χ3n) is 3.57. The minimum atomic E-state index is 0.560. The van der Waals surface area contributed by atoms with Crippen molar-refractivity contribution < 1.29 is 9.47 Å². The summed E-state index contributed by atoms with van der Waals surface area (Å²) in [6, 6.07) is 10.9. The molecule has 0 aliphatic heterocycles. The van der Waals surface area contributed by atoms with Gasteiger partial charge >= 0.3 is 0 Å². The van der Waals surface area contributed by atoms with Gasteiger partial charge in [0.05, 0.1) is 30.6 Å². The molecule has 1 N–H and O–H groups in total. The van der Waals surface area contributed by atoms with Crippen LogP contribution in [0.3, 0.4) is 0 Å². The number of nitrogens with one attached hydrogen (secondary N) is 1. The predicted octanol–water partition coefficient (Wildman–Crippen LogP) is 5.97. The van der Waals surface area contributed by atoms with Crippen LogP contribution in [0, 0.1) is 0 Å². The molecule has 0 amide bonds. The van der Waals surface area contributed by atoms with E-state index in [-0.39, 0.29) is 0 Å². The van der Waals surface area contributed by atoms with Gasteiger partial charge in [-0.15, -0.1) is 11.3 Å². The summed E-state index contributed by atoms with van der Waals surface area (Å²) in [5.41, 5.74) is 5.40. The Morgan fingerprint density at radius 1 is 1.19 bits per heavy atom. The van der Waals surface area contributed by atoms with Crippen molar-refractivity contribution in [2.24, 2.45) is 5.10 Å². The SMILES string of the molecule is CCOc1cc(/C=N\Nc2nc(-c3ccc(Cl)cc3Cl)cs2)ccc1OC. The van der Waals surface area contributed by atoms with Gasteiger partial charge in [0.1, 0.15) is 0 Å². The lowest BCUT2D eigenvalue weighted by Crippen LogP contribution is -1.97. The van der Waals surface area contributed by atoms with Crippen LogP contribution in [0.15, 0.2) is 46.9 Å². The number of hydrazone groups is 1. The molecule has 0 spiro atoms. The van der Waals surface area contributed by atoms with Crippen LogP contribution in [0.5, 0.6) is 11.5 Å². The van der Waals surface area contributed by atoms with Crippen LogP contribution in [-0.4, -0.2) is 24.9 Å². The molecule has 3 rings (SSSR count). The van der Waals surface area contributed by atoms with Gasteiger partial charge in [-0.3, -0.25) is 5.43 Å². The molecule has 140 valence electrons. The first kappa shape index (κ1) is 19.5. The molecule has 0 fully saturated rings. The molecule has 2 aromatic carbocycles. The van der Waals surface area contributed by atoms with E-state index in [1.54, 1.807) is 25.5 Å². The second-order valence-electron chi connectivity index (χ2n) is 5.38. The van der Waals surface area contributed by atoms with Crippen molar-refractivity contribution in [1.29, 1.82) is 0 Å². The Morgan fingerprint density at radius 2 is 2.04 bits per heavy atom. The molecule has 3 aromatic rings. The van der Waals surface area contributed by atoms with E-state index in [1.807, 2.05) is 36.6 Å². The Kier molecular flexibility index (Phi) is 6.55. The van der Waals surface area contributed by atoms with E-state index in [1.165, 1.54) is 11.3 Å². The number of halogens is 2. The van der Waals surface area contributed by atoms with Crippen molar-refractivity contribution in [3.05, 3.63) is 57.4 Å². The minimum Gasteiger partial charge on any atom is -0.493 e. The van der Waals surface area contributed by atoms with Gasteiger partial charge in [0.25, 0.3) is 0 Å². The molecular formula is C19H17Cl2N3O2S. The summed E-state index contributed by atoms with van der Waals surface area (Å²) in [6.07, 6.45) is 1.69. The first-order valence-electron chi connectivity index (χ1n) is 8.11. The standard InChI is InChI=1S/C19H17Cl2N3O2S/c1-3-26-18-8-12(4-7-17(18)25-2)10-22-24-19-23-16(11-27-19)14-6-5-13(20)9-15(14)21/h4-11H,3H2,1-2H3,(H,23,24)/b22-10-. The van der Waals surface area contributed by atoms with Crippen LogP contribution in [0.4, 0.5) is 5.13 Å². The molecule has 5 nitrogen and oxygen atoms in total. The van der Waals surface area contributed by atoms with E-state index in [0.29, 0.717) is 33.3 Å². The van der Waals surface area contributed by atoms with Crippen LogP contribution in [0.2, 0.25) is 10.0 Å². The molecule has 1 heterocycles. The van der Waals surface area contributed by atoms with Gasteiger partial charge < -0.3 is 9.47 Å². The van der Waals surface area contributed by atoms with E-state index >= 15 is 0 Å². The van der Waals surface area contributed by atoms with E-state index in [9.17, 15) is 0 Å². The highest BCUT2D eigenvalue weighted by molar-refractivity contribution is 7.14. The fourth-order valence-electron chi connectivity index (χ4n) is 2.35. The van der Waals surface area contributed by atoms with Crippen molar-refractivity contribution >= 4 is 45.9 Å². The lowest BCUT2D eigenvalue weighted by Gasteiger charge is -2.09. The molecule has 0 saturated carbocycles. The zero-order valence-corrected chi connectivity index (χ0v) is 17.0. The van der Waals surface area contributed by atoms with Crippen LogP contribution in [-0.2, 0) is 0 Å². The molecular weight excluding hydrogens is 405 g/mol. The number of hydrogen-bond acceptors (Lipinski definition) is 6. The minimum absolute atomic E-state index is 0.560. The van der Waals surface area contributed by atoms with Crippen molar-refractivity contribution in [3.8, 4) is 22.8 Å². The van der Waals surface area contributed by atoms with E-state index in [4.69, 9.17) is 32.7 Å². The number of anilines is 1. The third kappa shape index (κ3) is 4.91. The Morgan fingerprint density at radius 3 is 2.78 bits per heavy atom. The summed E-state index contributed by atoms with van der Waals surface area (Å²) in [5, 5.41) is 7.95. The largest absolute Gasteiger partial charge is 0.493 e. The normalized spacial score (nSPS) is 11.0. The maximum absolute atomic E-state index is 6.23. The molecule has 0 radical (unpaired) electrons. The van der Waals surface area contributed by atoms with Crippen molar-refractivity contribution in [2.75, 3.05) is 19.1 Å². The third-order valence-corrected chi connectivity index (χ3v) is 4.87. The summed E-state index contributed by atoms with van der Waals surface area (Å²) < 4.78 is 10.8. The van der Waals surface area contributed by atoms with E-state index in [0.717, 1.165) is 16.8 Å². The van der Waals surface area contributed by atoms with Crippen LogP contribution >= 0.6 is 34.5 Å². The number of ether oxygens (including phenoxy) is 2. The highest BCUT2D eigenvalue weighted by atomic mass is 35.5. The van der Waals surface area contributed by atoms with Gasteiger partial charge in [0.15, 0.2) is 11.5 Å². The van der Waals surface area contributed by atoms with Crippen LogP contribution < -0.4 is 14.9 Å². The van der Waals surface area contributed by atoms with E-state index in [2.05, 4.69) is 15.5 Å². The Balaban J connectivity index is 1.70. The Bertz CT molecular complexity index is 960. The number of aromatic nitrogens is 1. The fraction of sp³-hybridized carbons (Fsp3) is 0.158. The summed E-state index contributed by atoms with van der Waals surface area (Å²) in [5.74, 6) is 1.37. The van der Waals surface area contributed by atoms with Gasteiger partial charge in [-0.2, -0.15) is 5.10 Å². The second-order valence-corrected chi connectivity index (χ2v) is 7.08. The summed E-state index contributed by atoms with van der Waals surface area (Å²) in [4.78, 5) is 4.50. The molecule has 8 heteroatoms. The first-order valence-corrected chi connectivity index (χ1v) is 9.75. The van der Waals surface area contributed by atoms with Gasteiger partial charge in [-0.1, -0.05) is 23.2 Å². The van der Waals surface area contributed by atoms with Gasteiger partial charge in [-0.05, 0) is 48.9 Å². The lowest BCUT2D eigenvalue weighted by atomic mass is 10.2. The summed E-state index contributed by atoms with van der Waals surface area (Å²) in [6.45, 7) is 2.49. The molecule has 1 aromatic heterocycles. The average molecular weight is 422 g/mol. The van der Waals surface area contributed by atoms with Crippen LogP contribution in [0.1, 0.15) is 12.5 Å². The molecule has 0 bridgehead atoms. The first-order chi connectivity index (χ1) is 13.1. The number of benzene rings is 2. The van der Waals surface area contributed by atoms with E-state index < -0.39 is 0 Å². The molecule has 0 unspecified atom stereocenters. The highest BCUT2D eigenvalue weighted by Gasteiger charge is 2.09. The fourth-order valence-corrected chi connectivity index (χ4v) is 3.51. The van der Waals surface area contributed by atoms with Crippen molar-refractivity contribution in [3.63, 3.8) is 0 Å². The topological polar surface area (TPSA) is 55.7 Å². The molecule has 27 heavy (non-hydrogen) atoms. The quantitative estimate of drug-likeness (QED) is 0.377. The van der Waals surface area contributed by atoms with Gasteiger partial charge in [0, 0.05) is 16.0 Å². The zero-order valence-electron chi connectivity index (χ0n) is 14.7. The highest BCUT2D eigenvalue weighted by Crippen LogP contribution is 2.32. The summed E-state index contributed by atoms with van der Waals surface area (Å²) in [7, 11) is 1.61. The number of nitrogens with zero attached hydrogens (tertiary/aromatic N) is 2. The molecule has 0 aliphatic rings. The Hall–Kier alpha value is -2.28. The van der Waals surface area contributed by atoms with Gasteiger partial charge in [-0.25, -0.2) is 4.98 Å². The molecule has 0 atom stereocenters. The average Bonchev–Trinajstić information content (AvgIpc) is 3.11. The maximum Gasteiger partial charge on any atom is 0.203 e. The second kappa shape index (κ2) is 9.08. The molecule has 0 aliphatic carbocycles. The Labute approximate surface area is 171 Å². The number of hydrogen-bond donors (Lipinski definition) is 1. The number of rotatable bonds is 7. The van der Waals surface area contributed by atoms with Crippen molar-refractivity contribution in [2.45, 2.75) is 6.92 Å². The smallest absolute Gasteiger partial charge is 0.203 e. The van der Waals surface area contributed by atoms with Crippen LogP contribution in [0.25, 0.3) is 11.3 Å².